The molecule has 0 aliphatic heterocycles. The molecule has 3 aromatic heterocycles. The molecule has 0 unspecified atom stereocenters. The minimum absolute atomic E-state index is 0.101. The molecule has 44 heavy (non-hydrogen) atoms. The number of thioether (sulfide) groups is 2. The maximum atomic E-state index is 12.6. The minimum atomic E-state index is -0.241. The Labute approximate surface area is 257 Å². The molecule has 0 radical (unpaired) electrons. The van der Waals surface area contributed by atoms with Crippen LogP contribution in [0.15, 0.2) is 99.7 Å². The van der Waals surface area contributed by atoms with Crippen LogP contribution in [0.4, 0.5) is 11.4 Å². The van der Waals surface area contributed by atoms with E-state index in [9.17, 15) is 14.7 Å². The van der Waals surface area contributed by atoms with Crippen LogP contribution in [0.5, 0.6) is 5.75 Å². The van der Waals surface area contributed by atoms with Crippen molar-refractivity contribution in [3.8, 4) is 17.2 Å². The number of rotatable bonds is 9. The molecule has 218 valence electrons. The van der Waals surface area contributed by atoms with Crippen molar-refractivity contribution in [1.29, 1.82) is 0 Å². The fourth-order valence-electron chi connectivity index (χ4n) is 4.57. The van der Waals surface area contributed by atoms with Gasteiger partial charge in [0.15, 0.2) is 15.9 Å². The summed E-state index contributed by atoms with van der Waals surface area (Å²) in [5.41, 5.74) is 5.89. The predicted octanol–water partition coefficient (Wildman–Crippen LogP) is 6.41. The summed E-state index contributed by atoms with van der Waals surface area (Å²) in [5.74, 6) is -0.00245. The molecule has 0 saturated heterocycles. The van der Waals surface area contributed by atoms with E-state index in [2.05, 4.69) is 35.6 Å². The first kappa shape index (κ1) is 27.6. The molecule has 13 heteroatoms. The van der Waals surface area contributed by atoms with Gasteiger partial charge in [0.05, 0.1) is 39.1 Å². The number of phenolic OH excluding ortho intramolecular Hbond substituents is 1. The summed E-state index contributed by atoms with van der Waals surface area (Å²) in [6.07, 6.45) is 0. The van der Waals surface area contributed by atoms with Crippen LogP contribution in [0, 0.1) is 0 Å². The van der Waals surface area contributed by atoms with Crippen LogP contribution < -0.4 is 10.6 Å². The lowest BCUT2D eigenvalue weighted by Crippen LogP contribution is -2.14. The van der Waals surface area contributed by atoms with Crippen LogP contribution in [0.3, 0.4) is 0 Å². The first-order chi connectivity index (χ1) is 21.5. The average molecular weight is 622 g/mol. The first-order valence-electron chi connectivity index (χ1n) is 13.5. The Hall–Kier alpha value is -5.27. The van der Waals surface area contributed by atoms with E-state index in [1.165, 1.54) is 29.6 Å². The normalized spacial score (nSPS) is 11.4. The summed E-state index contributed by atoms with van der Waals surface area (Å²) >= 11 is 2.60. The number of aromatic amines is 2. The summed E-state index contributed by atoms with van der Waals surface area (Å²) in [7, 11) is 0. The molecule has 0 saturated carbocycles. The van der Waals surface area contributed by atoms with Crippen molar-refractivity contribution in [2.24, 2.45) is 0 Å². The number of oxazole rings is 1. The van der Waals surface area contributed by atoms with Gasteiger partial charge in [0.2, 0.25) is 17.7 Å². The quantitative estimate of drug-likeness (QED) is 0.115. The van der Waals surface area contributed by atoms with Crippen LogP contribution in [0.1, 0.15) is 0 Å². The highest BCUT2D eigenvalue weighted by molar-refractivity contribution is 8.00. The topological polar surface area (TPSA) is 162 Å². The Morgan fingerprint density at radius 1 is 0.705 bits per heavy atom. The fourth-order valence-corrected chi connectivity index (χ4v) is 5.94. The van der Waals surface area contributed by atoms with Gasteiger partial charge in [0, 0.05) is 17.4 Å². The predicted molar refractivity (Wildman–Crippen MR) is 172 cm³/mol. The van der Waals surface area contributed by atoms with Crippen LogP contribution in [-0.2, 0) is 9.59 Å². The van der Waals surface area contributed by atoms with E-state index < -0.39 is 0 Å². The number of nitrogens with zero attached hydrogens (tertiary/aromatic N) is 3. The van der Waals surface area contributed by atoms with Crippen LogP contribution in [-0.4, -0.2) is 53.3 Å². The second kappa shape index (κ2) is 11.8. The summed E-state index contributed by atoms with van der Waals surface area (Å²) < 4.78 is 5.86. The average Bonchev–Trinajstić information content (AvgIpc) is 3.75. The minimum Gasteiger partial charge on any atom is -0.507 e. The van der Waals surface area contributed by atoms with Gasteiger partial charge in [-0.25, -0.2) is 15.0 Å². The van der Waals surface area contributed by atoms with Crippen molar-refractivity contribution < 1.29 is 19.1 Å². The summed E-state index contributed by atoms with van der Waals surface area (Å²) in [6.45, 7) is 0. The zero-order valence-electron chi connectivity index (χ0n) is 22.8. The smallest absolute Gasteiger partial charge is 0.234 e. The maximum Gasteiger partial charge on any atom is 0.234 e. The summed E-state index contributed by atoms with van der Waals surface area (Å²) in [6, 6.07) is 25.2. The Morgan fingerprint density at radius 2 is 1.27 bits per heavy atom. The van der Waals surface area contributed by atoms with Crippen LogP contribution in [0.2, 0.25) is 0 Å². The Balaban J connectivity index is 0.966. The molecule has 0 aliphatic carbocycles. The second-order valence-corrected chi connectivity index (χ2v) is 11.7. The van der Waals surface area contributed by atoms with Gasteiger partial charge in [-0.15, -0.1) is 0 Å². The number of carbonyl (C=O) groups is 2. The number of amides is 2. The number of H-pyrrole nitrogens is 2. The number of fused-ring (bicyclic) bond motifs is 3. The highest BCUT2D eigenvalue weighted by Crippen LogP contribution is 2.34. The molecule has 7 rings (SSSR count). The van der Waals surface area contributed by atoms with E-state index in [-0.39, 0.29) is 35.0 Å². The SMILES string of the molecule is O=C(CSc1nc2ccccc2[nH]1)Nc1ccc(-c2nc3cc(NC(=O)CSc4nc5ccccc5[nH]4)ccc3o2)c(O)c1. The molecule has 0 fully saturated rings. The Kier molecular flexibility index (Phi) is 7.38. The van der Waals surface area contributed by atoms with Gasteiger partial charge in [-0.05, 0) is 54.6 Å². The molecule has 0 bridgehead atoms. The largest absolute Gasteiger partial charge is 0.507 e. The third-order valence-electron chi connectivity index (χ3n) is 6.60. The molecule has 5 N–H and O–H groups in total. The molecule has 0 atom stereocenters. The fraction of sp³-hybridized carbons (Fsp3) is 0.0645. The van der Waals surface area contributed by atoms with Gasteiger partial charge >= 0.3 is 0 Å². The van der Waals surface area contributed by atoms with Gasteiger partial charge < -0.3 is 30.1 Å². The molecule has 11 nitrogen and oxygen atoms in total. The molecule has 2 amide bonds. The second-order valence-electron chi connectivity index (χ2n) is 9.73. The number of carbonyl (C=O) groups excluding carboxylic acids is 2. The standard InChI is InChI=1S/C31H23N7O4S2/c39-25-14-18(33-28(41)16-44-31-37-22-7-3-4-8-23(22)38-31)9-11-19(25)29-34-24-13-17(10-12-26(24)42-29)32-27(40)15-43-30-35-20-5-1-2-6-21(20)36-30/h1-14,39H,15-16H2,(H,32,40)(H,33,41)(H,35,36)(H,37,38). The molecule has 0 aliphatic rings. The Bertz CT molecular complexity index is 2110. The number of anilines is 2. The first-order valence-corrected chi connectivity index (χ1v) is 15.4. The summed E-state index contributed by atoms with van der Waals surface area (Å²) in [5, 5.41) is 17.7. The number of hydrogen-bond acceptors (Lipinski definition) is 9. The lowest BCUT2D eigenvalue weighted by Gasteiger charge is -2.07. The highest BCUT2D eigenvalue weighted by Gasteiger charge is 2.15. The maximum absolute atomic E-state index is 12.6. The highest BCUT2D eigenvalue weighted by atomic mass is 32.2. The molecule has 0 spiro atoms. The lowest BCUT2D eigenvalue weighted by molar-refractivity contribution is -0.114. The Morgan fingerprint density at radius 3 is 1.86 bits per heavy atom. The van der Waals surface area contributed by atoms with E-state index in [0.29, 0.717) is 38.4 Å². The van der Waals surface area contributed by atoms with Gasteiger partial charge in [-0.1, -0.05) is 47.8 Å². The van der Waals surface area contributed by atoms with E-state index >= 15 is 0 Å². The van der Waals surface area contributed by atoms with Crippen molar-refractivity contribution in [3.63, 3.8) is 0 Å². The van der Waals surface area contributed by atoms with Gasteiger partial charge in [-0.3, -0.25) is 9.59 Å². The van der Waals surface area contributed by atoms with E-state index in [4.69, 9.17) is 4.42 Å². The number of nitrogens with one attached hydrogen (secondary N) is 4. The number of para-hydroxylation sites is 4. The monoisotopic (exact) mass is 621 g/mol. The molecule has 4 aromatic carbocycles. The number of aromatic hydroxyl groups is 1. The van der Waals surface area contributed by atoms with Gasteiger partial charge in [0.1, 0.15) is 11.3 Å². The van der Waals surface area contributed by atoms with E-state index in [1.54, 1.807) is 30.3 Å². The van der Waals surface area contributed by atoms with Gasteiger partial charge in [-0.2, -0.15) is 0 Å². The van der Waals surface area contributed by atoms with Crippen LogP contribution in [0.25, 0.3) is 44.6 Å². The molecular formula is C31H23N7O4S2. The summed E-state index contributed by atoms with van der Waals surface area (Å²) in [4.78, 5) is 44.9. The van der Waals surface area contributed by atoms with E-state index in [0.717, 1.165) is 22.1 Å². The number of aromatic nitrogens is 5. The van der Waals surface area contributed by atoms with Crippen molar-refractivity contribution in [2.75, 3.05) is 22.1 Å². The van der Waals surface area contributed by atoms with Crippen LogP contribution >= 0.6 is 23.5 Å². The molecule has 3 heterocycles. The van der Waals surface area contributed by atoms with Crippen molar-refractivity contribution in [1.82, 2.24) is 24.9 Å². The third kappa shape index (κ3) is 5.96. The van der Waals surface area contributed by atoms with Gasteiger partial charge in [0.25, 0.3) is 0 Å². The van der Waals surface area contributed by atoms with Crippen molar-refractivity contribution in [2.45, 2.75) is 10.3 Å². The van der Waals surface area contributed by atoms with Crippen molar-refractivity contribution in [3.05, 3.63) is 84.9 Å². The zero-order chi connectivity index (χ0) is 30.0. The number of benzene rings is 4. The van der Waals surface area contributed by atoms with E-state index in [1.807, 2.05) is 48.5 Å². The number of imidazole rings is 2. The number of phenols is 1. The number of hydrogen-bond donors (Lipinski definition) is 5. The molecular weight excluding hydrogens is 599 g/mol. The molecule has 7 aromatic rings. The third-order valence-corrected chi connectivity index (χ3v) is 8.35. The zero-order valence-corrected chi connectivity index (χ0v) is 24.5. The lowest BCUT2D eigenvalue weighted by atomic mass is 10.2. The van der Waals surface area contributed by atoms with Crippen molar-refractivity contribution >= 4 is 79.9 Å².